The molecule has 2 aliphatic heterocycles. The zero-order chi connectivity index (χ0) is 23.6. The molecule has 0 spiro atoms. The quantitative estimate of drug-likeness (QED) is 0.519. The lowest BCUT2D eigenvalue weighted by Crippen LogP contribution is -2.50. The summed E-state index contributed by atoms with van der Waals surface area (Å²) in [6.45, 7) is 0. The monoisotopic (exact) mass is 441 g/mol. The van der Waals surface area contributed by atoms with Gasteiger partial charge in [0.1, 0.15) is 23.4 Å². The van der Waals surface area contributed by atoms with Crippen LogP contribution in [0, 0.1) is 17.2 Å². The van der Waals surface area contributed by atoms with Gasteiger partial charge in [0.25, 0.3) is 0 Å². The van der Waals surface area contributed by atoms with E-state index < -0.39 is 47.0 Å². The molecule has 1 N–H and O–H groups in total. The van der Waals surface area contributed by atoms with Gasteiger partial charge in [-0.1, -0.05) is 12.1 Å². The van der Waals surface area contributed by atoms with Crippen LogP contribution in [0.3, 0.4) is 0 Å². The van der Waals surface area contributed by atoms with E-state index in [9.17, 15) is 24.4 Å². The number of carbonyl (C=O) groups is 4. The third-order valence-electron chi connectivity index (χ3n) is 5.12. The van der Waals surface area contributed by atoms with Crippen molar-refractivity contribution in [3.8, 4) is 6.07 Å². The fourth-order valence-corrected chi connectivity index (χ4v) is 3.78. The number of nitrogens with one attached hydrogen (secondary N) is 1. The fraction of sp³-hybridized carbons (Fsp3) is 0.286. The van der Waals surface area contributed by atoms with Gasteiger partial charge in [-0.25, -0.2) is 14.4 Å². The molecule has 0 saturated carbocycles. The van der Waals surface area contributed by atoms with Gasteiger partial charge in [-0.3, -0.25) is 4.79 Å². The SMILES string of the molecule is COC(=O)C1=C(C(=O)OC)C(C(=O)OC)C(C(=O)OC)N2C(=C1C#N)Nc1ccccc12. The van der Waals surface area contributed by atoms with E-state index in [1.807, 2.05) is 6.07 Å². The Kier molecular flexibility index (Phi) is 6.15. The van der Waals surface area contributed by atoms with Crippen LogP contribution in [0.25, 0.3) is 0 Å². The summed E-state index contributed by atoms with van der Waals surface area (Å²) in [7, 11) is 4.25. The van der Waals surface area contributed by atoms with Gasteiger partial charge in [0.15, 0.2) is 6.04 Å². The highest BCUT2D eigenvalue weighted by Crippen LogP contribution is 2.46. The van der Waals surface area contributed by atoms with Crippen molar-refractivity contribution in [2.24, 2.45) is 5.92 Å². The van der Waals surface area contributed by atoms with Crippen molar-refractivity contribution in [1.82, 2.24) is 0 Å². The predicted molar refractivity (Wildman–Crippen MR) is 108 cm³/mol. The second-order valence-electron chi connectivity index (χ2n) is 6.59. The maximum Gasteiger partial charge on any atom is 0.339 e. The van der Waals surface area contributed by atoms with Crippen LogP contribution < -0.4 is 10.2 Å². The Morgan fingerprint density at radius 3 is 2.12 bits per heavy atom. The van der Waals surface area contributed by atoms with Crippen molar-refractivity contribution in [3.63, 3.8) is 0 Å². The number of nitrogens with zero attached hydrogens (tertiary/aromatic N) is 2. The minimum atomic E-state index is -1.69. The Morgan fingerprint density at radius 2 is 1.56 bits per heavy atom. The average Bonchev–Trinajstić information content (AvgIpc) is 3.14. The van der Waals surface area contributed by atoms with E-state index in [4.69, 9.17) is 18.9 Å². The minimum absolute atomic E-state index is 0.00249. The normalized spacial score (nSPS) is 19.0. The number of para-hydroxylation sites is 2. The lowest BCUT2D eigenvalue weighted by Gasteiger charge is -2.31. The Bertz CT molecular complexity index is 1110. The molecule has 0 amide bonds. The topological polar surface area (TPSA) is 144 Å². The first-order chi connectivity index (χ1) is 15.4. The zero-order valence-corrected chi connectivity index (χ0v) is 17.6. The lowest BCUT2D eigenvalue weighted by molar-refractivity contribution is -0.154. The van der Waals surface area contributed by atoms with E-state index in [0.717, 1.165) is 28.4 Å². The number of methoxy groups -OCH3 is 4. The minimum Gasteiger partial charge on any atom is -0.468 e. The molecule has 11 nitrogen and oxygen atoms in total. The Labute approximate surface area is 182 Å². The van der Waals surface area contributed by atoms with Crippen LogP contribution in [0.1, 0.15) is 0 Å². The predicted octanol–water partition coefficient (Wildman–Crippen LogP) is 0.641. The summed E-state index contributed by atoms with van der Waals surface area (Å²) in [5.74, 6) is -5.82. The highest BCUT2D eigenvalue weighted by molar-refractivity contribution is 6.11. The highest BCUT2D eigenvalue weighted by Gasteiger charge is 2.53. The van der Waals surface area contributed by atoms with Crippen molar-refractivity contribution < 1.29 is 38.1 Å². The molecule has 1 aromatic carbocycles. The van der Waals surface area contributed by atoms with E-state index in [2.05, 4.69) is 5.32 Å². The van der Waals surface area contributed by atoms with Crippen LogP contribution in [0.2, 0.25) is 0 Å². The van der Waals surface area contributed by atoms with Crippen LogP contribution in [-0.2, 0) is 38.1 Å². The van der Waals surface area contributed by atoms with Crippen molar-refractivity contribution in [3.05, 3.63) is 46.8 Å². The molecule has 0 aliphatic carbocycles. The third kappa shape index (κ3) is 3.31. The van der Waals surface area contributed by atoms with Crippen molar-refractivity contribution in [1.29, 1.82) is 5.26 Å². The Morgan fingerprint density at radius 1 is 0.938 bits per heavy atom. The number of nitriles is 1. The molecule has 166 valence electrons. The molecule has 0 radical (unpaired) electrons. The van der Waals surface area contributed by atoms with E-state index in [1.165, 1.54) is 4.90 Å². The number of benzene rings is 1. The molecule has 32 heavy (non-hydrogen) atoms. The summed E-state index contributed by atoms with van der Waals surface area (Å²) in [4.78, 5) is 52.9. The maximum atomic E-state index is 13.0. The standard InChI is InChI=1S/C21H19N3O8/c1-29-18(25)13-10(9-22)17-23-11-7-5-6-8-12(11)24(17)16(21(28)32-4)15(20(27)31-3)14(13)19(26)30-2/h5-8,15-16,23H,1-4H3. The molecule has 2 atom stereocenters. The van der Waals surface area contributed by atoms with E-state index in [0.29, 0.717) is 11.4 Å². The maximum absolute atomic E-state index is 13.0. The van der Waals surface area contributed by atoms with Gasteiger partial charge >= 0.3 is 23.9 Å². The summed E-state index contributed by atoms with van der Waals surface area (Å²) in [6, 6.07) is 7.07. The second-order valence-corrected chi connectivity index (χ2v) is 6.59. The molecule has 1 aromatic rings. The summed E-state index contributed by atoms with van der Waals surface area (Å²) in [6.07, 6.45) is 0. The van der Waals surface area contributed by atoms with E-state index in [1.54, 1.807) is 24.3 Å². The zero-order valence-electron chi connectivity index (χ0n) is 17.6. The number of fused-ring (bicyclic) bond motifs is 3. The van der Waals surface area contributed by atoms with Gasteiger partial charge in [0.2, 0.25) is 0 Å². The van der Waals surface area contributed by atoms with Gasteiger partial charge in [0.05, 0.1) is 51.0 Å². The van der Waals surface area contributed by atoms with Crippen LogP contribution in [0.4, 0.5) is 11.4 Å². The van der Waals surface area contributed by atoms with Crippen molar-refractivity contribution >= 4 is 35.3 Å². The van der Waals surface area contributed by atoms with Crippen LogP contribution in [0.15, 0.2) is 46.8 Å². The van der Waals surface area contributed by atoms with Crippen LogP contribution in [-0.4, -0.2) is 58.4 Å². The van der Waals surface area contributed by atoms with E-state index in [-0.39, 0.29) is 11.4 Å². The molecule has 2 unspecified atom stereocenters. The molecule has 0 fully saturated rings. The van der Waals surface area contributed by atoms with E-state index >= 15 is 0 Å². The number of hydrogen-bond donors (Lipinski definition) is 1. The molecular formula is C21H19N3O8. The Balaban J connectivity index is 2.52. The van der Waals surface area contributed by atoms with Gasteiger partial charge in [0, 0.05) is 0 Å². The fourth-order valence-electron chi connectivity index (χ4n) is 3.78. The molecule has 3 rings (SSSR count). The third-order valence-corrected chi connectivity index (χ3v) is 5.12. The number of hydrogen-bond acceptors (Lipinski definition) is 11. The molecular weight excluding hydrogens is 422 g/mol. The number of anilines is 2. The lowest BCUT2D eigenvalue weighted by atomic mass is 9.86. The highest BCUT2D eigenvalue weighted by atomic mass is 16.5. The summed E-state index contributed by atoms with van der Waals surface area (Å²) in [5.41, 5.74) is -0.495. The second kappa shape index (κ2) is 8.81. The molecule has 0 saturated heterocycles. The number of esters is 4. The first-order valence-electron chi connectivity index (χ1n) is 9.22. The first-order valence-corrected chi connectivity index (χ1v) is 9.22. The van der Waals surface area contributed by atoms with Gasteiger partial charge < -0.3 is 29.2 Å². The van der Waals surface area contributed by atoms with Gasteiger partial charge in [-0.2, -0.15) is 5.26 Å². The van der Waals surface area contributed by atoms with Crippen LogP contribution in [0.5, 0.6) is 0 Å². The van der Waals surface area contributed by atoms with Crippen molar-refractivity contribution in [2.75, 3.05) is 38.7 Å². The summed E-state index contributed by atoms with van der Waals surface area (Å²) >= 11 is 0. The molecule has 11 heteroatoms. The number of ether oxygens (including phenoxy) is 4. The molecule has 0 bridgehead atoms. The summed E-state index contributed by atoms with van der Waals surface area (Å²) in [5, 5.41) is 13.0. The molecule has 2 aliphatic rings. The largest absolute Gasteiger partial charge is 0.468 e. The smallest absolute Gasteiger partial charge is 0.339 e. The van der Waals surface area contributed by atoms with Crippen molar-refractivity contribution in [2.45, 2.75) is 6.04 Å². The molecule has 2 heterocycles. The molecule has 0 aromatic heterocycles. The summed E-state index contributed by atoms with van der Waals surface area (Å²) < 4.78 is 19.4. The van der Waals surface area contributed by atoms with Gasteiger partial charge in [-0.15, -0.1) is 0 Å². The Hall–Kier alpha value is -4.33. The van der Waals surface area contributed by atoms with Gasteiger partial charge in [-0.05, 0) is 12.1 Å². The number of rotatable bonds is 4. The van der Waals surface area contributed by atoms with Crippen LogP contribution >= 0.6 is 0 Å². The first kappa shape index (κ1) is 22.4. The average molecular weight is 441 g/mol. The number of carbonyl (C=O) groups excluding carboxylic acids is 4.